The van der Waals surface area contributed by atoms with Gasteiger partial charge >= 0.3 is 0 Å². The van der Waals surface area contributed by atoms with Gasteiger partial charge < -0.3 is 4.74 Å². The van der Waals surface area contributed by atoms with E-state index in [1.54, 1.807) is 18.4 Å². The molecule has 1 aliphatic rings. The molecule has 1 fully saturated rings. The Kier molecular flexibility index (Phi) is 3.98. The summed E-state index contributed by atoms with van der Waals surface area (Å²) in [4.78, 5) is 12.3. The molecule has 0 unspecified atom stereocenters. The zero-order valence-electron chi connectivity index (χ0n) is 10.8. The van der Waals surface area contributed by atoms with Gasteiger partial charge in [-0.1, -0.05) is 11.6 Å². The van der Waals surface area contributed by atoms with E-state index in [2.05, 4.69) is 14.9 Å². The van der Waals surface area contributed by atoms with E-state index in [0.717, 1.165) is 48.5 Å². The van der Waals surface area contributed by atoms with Gasteiger partial charge in [-0.05, 0) is 24.3 Å². The smallest absolute Gasteiger partial charge is 0.145 e. The van der Waals surface area contributed by atoms with Gasteiger partial charge in [0, 0.05) is 25.6 Å². The summed E-state index contributed by atoms with van der Waals surface area (Å²) in [5, 5.41) is 3.51. The lowest BCUT2D eigenvalue weighted by Crippen LogP contribution is -2.36. The van der Waals surface area contributed by atoms with Crippen molar-refractivity contribution in [1.82, 2.24) is 14.9 Å². The predicted molar refractivity (Wildman–Crippen MR) is 77.7 cm³/mol. The summed E-state index contributed by atoms with van der Waals surface area (Å²) >= 11 is 7.79. The molecule has 3 rings (SSSR count). The molecule has 0 N–H and O–H groups in total. The van der Waals surface area contributed by atoms with Crippen LogP contribution in [-0.2, 0) is 11.3 Å². The van der Waals surface area contributed by atoms with Crippen LogP contribution in [-0.4, -0.2) is 41.2 Å². The fraction of sp³-hybridized carbons (Fsp3) is 0.538. The summed E-state index contributed by atoms with van der Waals surface area (Å²) in [6.07, 6.45) is 2.55. The lowest BCUT2D eigenvalue weighted by molar-refractivity contribution is 0.0382. The molecule has 2 aromatic heterocycles. The van der Waals surface area contributed by atoms with Crippen LogP contribution in [0.3, 0.4) is 0 Å². The number of nitrogens with zero attached hydrogens (tertiary/aromatic N) is 3. The Hall–Kier alpha value is -0.750. The van der Waals surface area contributed by atoms with E-state index in [4.69, 9.17) is 16.3 Å². The zero-order chi connectivity index (χ0) is 13.2. The van der Waals surface area contributed by atoms with Crippen molar-refractivity contribution in [3.8, 4) is 0 Å². The van der Waals surface area contributed by atoms with Crippen LogP contribution in [0.15, 0.2) is 11.4 Å². The molecule has 0 spiro atoms. The van der Waals surface area contributed by atoms with E-state index in [9.17, 15) is 0 Å². The van der Waals surface area contributed by atoms with Crippen LogP contribution < -0.4 is 0 Å². The average Bonchev–Trinajstić information content (AvgIpc) is 2.88. The van der Waals surface area contributed by atoms with E-state index in [0.29, 0.717) is 11.3 Å². The van der Waals surface area contributed by atoms with E-state index < -0.39 is 0 Å². The molecule has 0 aliphatic carbocycles. The molecule has 102 valence electrons. The van der Waals surface area contributed by atoms with Crippen LogP contribution in [0.5, 0.6) is 0 Å². The lowest BCUT2D eigenvalue weighted by Gasteiger charge is -2.30. The standard InChI is InChI=1S/C13H16ClN3OS/c1-18-9-2-5-17(6-3-9)8-11-15-12(14)10-4-7-19-13(10)16-11/h4,7,9H,2-3,5-6,8H2,1H3. The van der Waals surface area contributed by atoms with Gasteiger partial charge in [0.05, 0.1) is 12.6 Å². The van der Waals surface area contributed by atoms with Gasteiger partial charge in [0.1, 0.15) is 15.8 Å². The maximum absolute atomic E-state index is 6.18. The largest absolute Gasteiger partial charge is 0.381 e. The molecule has 4 nitrogen and oxygen atoms in total. The molecule has 0 radical (unpaired) electrons. The Morgan fingerprint density at radius 3 is 2.95 bits per heavy atom. The molecule has 0 amide bonds. The molecule has 1 aliphatic heterocycles. The Morgan fingerprint density at radius 2 is 2.21 bits per heavy atom. The van der Waals surface area contributed by atoms with Crippen molar-refractivity contribution in [1.29, 1.82) is 0 Å². The first-order valence-electron chi connectivity index (χ1n) is 6.41. The monoisotopic (exact) mass is 297 g/mol. The highest BCUT2D eigenvalue weighted by Gasteiger charge is 2.19. The minimum atomic E-state index is 0.403. The maximum atomic E-state index is 6.18. The zero-order valence-corrected chi connectivity index (χ0v) is 12.4. The molecule has 0 saturated carbocycles. The van der Waals surface area contributed by atoms with Crippen LogP contribution in [0.2, 0.25) is 5.15 Å². The number of ether oxygens (including phenoxy) is 1. The number of aromatic nitrogens is 2. The Balaban J connectivity index is 1.71. The van der Waals surface area contributed by atoms with Crippen LogP contribution in [0.25, 0.3) is 10.2 Å². The number of thiophene rings is 1. The molecular weight excluding hydrogens is 282 g/mol. The Labute approximate surface area is 121 Å². The van der Waals surface area contributed by atoms with Crippen molar-refractivity contribution in [3.63, 3.8) is 0 Å². The van der Waals surface area contributed by atoms with Gasteiger partial charge in [-0.2, -0.15) is 0 Å². The molecule has 0 bridgehead atoms. The second-order valence-electron chi connectivity index (χ2n) is 4.78. The highest BCUT2D eigenvalue weighted by Crippen LogP contribution is 2.25. The summed E-state index contributed by atoms with van der Waals surface area (Å²) in [5.74, 6) is 0.816. The quantitative estimate of drug-likeness (QED) is 0.817. The number of fused-ring (bicyclic) bond motifs is 1. The molecule has 1 saturated heterocycles. The third kappa shape index (κ3) is 2.89. The highest BCUT2D eigenvalue weighted by molar-refractivity contribution is 7.16. The van der Waals surface area contributed by atoms with Crippen LogP contribution in [0.4, 0.5) is 0 Å². The number of halogens is 1. The van der Waals surface area contributed by atoms with E-state index in [1.165, 1.54) is 0 Å². The molecule has 19 heavy (non-hydrogen) atoms. The second-order valence-corrected chi connectivity index (χ2v) is 6.03. The fourth-order valence-electron chi connectivity index (χ4n) is 2.43. The van der Waals surface area contributed by atoms with Crippen molar-refractivity contribution < 1.29 is 4.74 Å². The summed E-state index contributed by atoms with van der Waals surface area (Å²) in [6.45, 7) is 2.83. The van der Waals surface area contributed by atoms with Gasteiger partial charge in [0.25, 0.3) is 0 Å². The first-order chi connectivity index (χ1) is 9.26. The first-order valence-corrected chi connectivity index (χ1v) is 7.67. The highest BCUT2D eigenvalue weighted by atomic mass is 35.5. The van der Waals surface area contributed by atoms with Gasteiger partial charge in [0.2, 0.25) is 0 Å². The number of hydrogen-bond donors (Lipinski definition) is 0. The molecule has 6 heteroatoms. The van der Waals surface area contributed by atoms with E-state index >= 15 is 0 Å². The summed E-state index contributed by atoms with van der Waals surface area (Å²) in [5.41, 5.74) is 0. The predicted octanol–water partition coefficient (Wildman–Crippen LogP) is 2.96. The average molecular weight is 298 g/mol. The maximum Gasteiger partial charge on any atom is 0.145 e. The Morgan fingerprint density at radius 1 is 1.42 bits per heavy atom. The minimum Gasteiger partial charge on any atom is -0.381 e. The van der Waals surface area contributed by atoms with E-state index in [-0.39, 0.29) is 0 Å². The summed E-state index contributed by atoms with van der Waals surface area (Å²) < 4.78 is 5.38. The lowest BCUT2D eigenvalue weighted by atomic mass is 10.1. The second kappa shape index (κ2) is 5.71. The topological polar surface area (TPSA) is 38.2 Å². The Bertz CT molecular complexity index is 566. The minimum absolute atomic E-state index is 0.403. The summed E-state index contributed by atoms with van der Waals surface area (Å²) in [6, 6.07) is 1.97. The molecular formula is C13H16ClN3OS. The van der Waals surface area contributed by atoms with Gasteiger partial charge in [-0.3, -0.25) is 4.90 Å². The molecule has 2 aromatic rings. The van der Waals surface area contributed by atoms with Crippen molar-refractivity contribution >= 4 is 33.2 Å². The van der Waals surface area contributed by atoms with E-state index in [1.807, 2.05) is 11.4 Å². The third-order valence-electron chi connectivity index (χ3n) is 3.56. The van der Waals surface area contributed by atoms with Gasteiger partial charge in [-0.15, -0.1) is 11.3 Å². The summed E-state index contributed by atoms with van der Waals surface area (Å²) in [7, 11) is 1.79. The first kappa shape index (κ1) is 13.2. The third-order valence-corrected chi connectivity index (χ3v) is 4.65. The van der Waals surface area contributed by atoms with Gasteiger partial charge in [-0.25, -0.2) is 9.97 Å². The van der Waals surface area contributed by atoms with Crippen LogP contribution >= 0.6 is 22.9 Å². The molecule has 3 heterocycles. The van der Waals surface area contributed by atoms with Crippen LogP contribution in [0.1, 0.15) is 18.7 Å². The van der Waals surface area contributed by atoms with Crippen LogP contribution in [0, 0.1) is 0 Å². The molecule has 0 atom stereocenters. The van der Waals surface area contributed by atoms with Crippen molar-refractivity contribution in [2.75, 3.05) is 20.2 Å². The number of methoxy groups -OCH3 is 1. The van der Waals surface area contributed by atoms with Gasteiger partial charge in [0.15, 0.2) is 0 Å². The normalized spacial score (nSPS) is 18.2. The molecule has 0 aromatic carbocycles. The number of rotatable bonds is 3. The number of piperidine rings is 1. The number of hydrogen-bond acceptors (Lipinski definition) is 5. The SMILES string of the molecule is COC1CCN(Cc2nc(Cl)c3ccsc3n2)CC1. The van der Waals surface area contributed by atoms with Crippen molar-refractivity contribution in [2.45, 2.75) is 25.5 Å². The van der Waals surface area contributed by atoms with Crippen molar-refractivity contribution in [2.24, 2.45) is 0 Å². The fourth-order valence-corrected chi connectivity index (χ4v) is 3.52. The van der Waals surface area contributed by atoms with Crippen molar-refractivity contribution in [3.05, 3.63) is 22.4 Å². The number of likely N-dealkylation sites (tertiary alicyclic amines) is 1.